The molecule has 0 aromatic heterocycles. The smallest absolute Gasteiger partial charge is 0.407 e. The quantitative estimate of drug-likeness (QED) is 0.215. The van der Waals surface area contributed by atoms with Crippen molar-refractivity contribution in [3.8, 4) is 0 Å². The summed E-state index contributed by atoms with van der Waals surface area (Å²) in [5, 5.41) is 10.2. The summed E-state index contributed by atoms with van der Waals surface area (Å²) in [6.45, 7) is 5.43. The first-order chi connectivity index (χ1) is 21.4. The molecule has 3 aromatic rings. The van der Waals surface area contributed by atoms with Crippen molar-refractivity contribution in [2.24, 2.45) is 0 Å². The second-order valence-corrected chi connectivity index (χ2v) is 11.5. The van der Waals surface area contributed by atoms with Crippen LogP contribution in [0.15, 0.2) is 91.0 Å². The van der Waals surface area contributed by atoms with Crippen LogP contribution < -0.4 is 21.3 Å². The molecule has 4 N–H and O–H groups in total. The molecule has 0 saturated carbocycles. The third kappa shape index (κ3) is 11.1. The molecule has 0 fully saturated rings. The van der Waals surface area contributed by atoms with Crippen LogP contribution in [0.2, 0.25) is 0 Å². The molecule has 11 heteroatoms. The van der Waals surface area contributed by atoms with Crippen LogP contribution in [-0.2, 0) is 35.3 Å². The molecule has 0 saturated heterocycles. The van der Waals surface area contributed by atoms with E-state index in [1.165, 1.54) is 0 Å². The van der Waals surface area contributed by atoms with E-state index in [0.29, 0.717) is 0 Å². The average Bonchev–Trinajstić information content (AvgIpc) is 3.01. The molecule has 3 aromatic carbocycles. The number of benzene rings is 3. The highest BCUT2D eigenvalue weighted by Crippen LogP contribution is 2.35. The Bertz CT molecular complexity index is 1400. The average molecular weight is 617 g/mol. The molecule has 0 aliphatic rings. The number of carbonyl (C=O) groups is 5. The lowest BCUT2D eigenvalue weighted by molar-refractivity contribution is -0.154. The SMILES string of the molecule is CC(C)(C)OC(=O)CNC(=O)[C@@](C)(NC(=O)CNC(=O)CNC(=O)OCc1ccccc1)C(c1ccccc1)c1ccccc1. The van der Waals surface area contributed by atoms with Crippen molar-refractivity contribution in [3.63, 3.8) is 0 Å². The molecule has 0 spiro atoms. The van der Waals surface area contributed by atoms with Gasteiger partial charge in [0.25, 0.3) is 0 Å². The van der Waals surface area contributed by atoms with Crippen molar-refractivity contribution in [3.05, 3.63) is 108 Å². The van der Waals surface area contributed by atoms with E-state index >= 15 is 0 Å². The third-order valence-electron chi connectivity index (χ3n) is 6.58. The van der Waals surface area contributed by atoms with Crippen molar-refractivity contribution >= 4 is 29.8 Å². The van der Waals surface area contributed by atoms with Gasteiger partial charge in [0.1, 0.15) is 30.8 Å². The molecule has 45 heavy (non-hydrogen) atoms. The Morgan fingerprint density at radius 1 is 0.644 bits per heavy atom. The van der Waals surface area contributed by atoms with Gasteiger partial charge in [-0.05, 0) is 44.4 Å². The summed E-state index contributed by atoms with van der Waals surface area (Å²) >= 11 is 0. The van der Waals surface area contributed by atoms with Gasteiger partial charge >= 0.3 is 12.1 Å². The number of nitrogens with one attached hydrogen (secondary N) is 4. The molecule has 1 atom stereocenters. The fourth-order valence-corrected chi connectivity index (χ4v) is 4.63. The van der Waals surface area contributed by atoms with Gasteiger partial charge in [-0.2, -0.15) is 0 Å². The van der Waals surface area contributed by atoms with Gasteiger partial charge in [0.2, 0.25) is 17.7 Å². The molecular weight excluding hydrogens is 576 g/mol. The van der Waals surface area contributed by atoms with Crippen LogP contribution in [0.1, 0.15) is 50.3 Å². The minimum absolute atomic E-state index is 0.0370. The molecule has 4 amide bonds. The van der Waals surface area contributed by atoms with E-state index in [2.05, 4.69) is 21.3 Å². The zero-order valence-electron chi connectivity index (χ0n) is 25.9. The van der Waals surface area contributed by atoms with Crippen LogP contribution in [0.3, 0.4) is 0 Å². The maximum atomic E-state index is 13.9. The third-order valence-corrected chi connectivity index (χ3v) is 6.58. The van der Waals surface area contributed by atoms with E-state index in [-0.39, 0.29) is 6.61 Å². The monoisotopic (exact) mass is 616 g/mol. The Balaban J connectivity index is 1.71. The molecule has 0 unspecified atom stereocenters. The second kappa shape index (κ2) is 16.0. The minimum Gasteiger partial charge on any atom is -0.459 e. The molecule has 0 aliphatic heterocycles. The summed E-state index contributed by atoms with van der Waals surface area (Å²) in [6, 6.07) is 27.4. The molecule has 0 bridgehead atoms. The largest absolute Gasteiger partial charge is 0.459 e. The van der Waals surface area contributed by atoms with E-state index in [9.17, 15) is 24.0 Å². The predicted molar refractivity (Wildman–Crippen MR) is 168 cm³/mol. The number of alkyl carbamates (subject to hydrolysis) is 1. The first-order valence-electron chi connectivity index (χ1n) is 14.5. The summed E-state index contributed by atoms with van der Waals surface area (Å²) in [6.07, 6.45) is -0.791. The Kier molecular flexibility index (Phi) is 12.2. The lowest BCUT2D eigenvalue weighted by Gasteiger charge is -2.38. The summed E-state index contributed by atoms with van der Waals surface area (Å²) in [5.41, 5.74) is -0.105. The Labute approximate surface area is 263 Å². The number of esters is 1. The number of carbonyl (C=O) groups excluding carboxylic acids is 5. The van der Waals surface area contributed by atoms with Crippen LogP contribution in [0.5, 0.6) is 0 Å². The van der Waals surface area contributed by atoms with E-state index in [1.54, 1.807) is 39.8 Å². The van der Waals surface area contributed by atoms with Gasteiger partial charge in [-0.3, -0.25) is 19.2 Å². The molecule has 11 nitrogen and oxygen atoms in total. The lowest BCUT2D eigenvalue weighted by atomic mass is 9.75. The van der Waals surface area contributed by atoms with E-state index < -0.39 is 66.5 Å². The fraction of sp³-hybridized carbons (Fsp3) is 0.324. The Morgan fingerprint density at radius 2 is 1.16 bits per heavy atom. The van der Waals surface area contributed by atoms with Crippen LogP contribution in [-0.4, -0.2) is 60.6 Å². The predicted octanol–water partition coefficient (Wildman–Crippen LogP) is 3.19. The highest BCUT2D eigenvalue weighted by atomic mass is 16.6. The molecule has 0 radical (unpaired) electrons. The maximum absolute atomic E-state index is 13.9. The zero-order chi connectivity index (χ0) is 32.9. The Morgan fingerprint density at radius 3 is 1.69 bits per heavy atom. The van der Waals surface area contributed by atoms with Gasteiger partial charge < -0.3 is 30.7 Å². The van der Waals surface area contributed by atoms with Crippen LogP contribution in [0.25, 0.3) is 0 Å². The summed E-state index contributed by atoms with van der Waals surface area (Å²) in [7, 11) is 0. The van der Waals surface area contributed by atoms with Gasteiger partial charge in [-0.1, -0.05) is 91.0 Å². The van der Waals surface area contributed by atoms with Crippen LogP contribution >= 0.6 is 0 Å². The van der Waals surface area contributed by atoms with Crippen molar-refractivity contribution in [2.75, 3.05) is 19.6 Å². The number of rotatable bonds is 13. The van der Waals surface area contributed by atoms with E-state index in [0.717, 1.165) is 16.7 Å². The first kappa shape index (κ1) is 34.3. The number of amides is 4. The highest BCUT2D eigenvalue weighted by molar-refractivity contribution is 5.95. The van der Waals surface area contributed by atoms with Gasteiger partial charge in [0, 0.05) is 5.92 Å². The number of hydrogen-bond acceptors (Lipinski definition) is 7. The highest BCUT2D eigenvalue weighted by Gasteiger charge is 2.44. The first-order valence-corrected chi connectivity index (χ1v) is 14.5. The van der Waals surface area contributed by atoms with Crippen molar-refractivity contribution in [1.82, 2.24) is 21.3 Å². The zero-order valence-corrected chi connectivity index (χ0v) is 25.9. The molecule has 0 aliphatic carbocycles. The van der Waals surface area contributed by atoms with Gasteiger partial charge in [0.05, 0.1) is 6.54 Å². The number of hydrogen-bond donors (Lipinski definition) is 4. The van der Waals surface area contributed by atoms with Crippen molar-refractivity contribution in [1.29, 1.82) is 0 Å². The number of ether oxygens (including phenoxy) is 2. The van der Waals surface area contributed by atoms with Crippen molar-refractivity contribution < 1.29 is 33.4 Å². The topological polar surface area (TPSA) is 152 Å². The van der Waals surface area contributed by atoms with Crippen LogP contribution in [0, 0.1) is 0 Å². The van der Waals surface area contributed by atoms with E-state index in [1.807, 2.05) is 78.9 Å². The van der Waals surface area contributed by atoms with Gasteiger partial charge in [0.15, 0.2) is 0 Å². The summed E-state index contributed by atoms with van der Waals surface area (Å²) in [4.78, 5) is 63.9. The van der Waals surface area contributed by atoms with Gasteiger partial charge in [-0.15, -0.1) is 0 Å². The molecular formula is C34H40N4O7. The maximum Gasteiger partial charge on any atom is 0.407 e. The molecule has 238 valence electrons. The standard InChI is InChI=1S/C34H40N4O7/c1-33(2,3)45-29(41)22-36-31(42)34(4,30(25-16-10-6-11-17-25)26-18-12-7-13-19-26)38-28(40)21-35-27(39)20-37-32(43)44-23-24-14-8-5-9-15-24/h5-19,30H,20-23H2,1-4H3,(H,35,39)(H,36,42)(H,37,43)(H,38,40)/t34-/m0/s1. The Hall–Kier alpha value is -5.19. The molecule has 0 heterocycles. The second-order valence-electron chi connectivity index (χ2n) is 11.5. The fourth-order valence-electron chi connectivity index (χ4n) is 4.63. The normalized spacial score (nSPS) is 12.3. The minimum atomic E-state index is -1.62. The summed E-state index contributed by atoms with van der Waals surface area (Å²) in [5.74, 6) is -3.25. The van der Waals surface area contributed by atoms with Crippen molar-refractivity contribution in [2.45, 2.75) is 51.4 Å². The van der Waals surface area contributed by atoms with Gasteiger partial charge in [-0.25, -0.2) is 4.79 Å². The van der Waals surface area contributed by atoms with Crippen LogP contribution in [0.4, 0.5) is 4.79 Å². The molecule has 3 rings (SSSR count). The summed E-state index contributed by atoms with van der Waals surface area (Å²) < 4.78 is 10.4. The van der Waals surface area contributed by atoms with E-state index in [4.69, 9.17) is 9.47 Å². The lowest BCUT2D eigenvalue weighted by Crippen LogP contribution is -2.62.